The summed E-state index contributed by atoms with van der Waals surface area (Å²) in [6, 6.07) is 5.14. The van der Waals surface area contributed by atoms with Gasteiger partial charge in [0, 0.05) is 5.56 Å². The fraction of sp³-hybridized carbons (Fsp3) is 0.333. The molecule has 25 heavy (non-hydrogen) atoms. The summed E-state index contributed by atoms with van der Waals surface area (Å²) >= 11 is 0. The summed E-state index contributed by atoms with van der Waals surface area (Å²) in [4.78, 5) is 23.0. The average molecular weight is 343 g/mol. The van der Waals surface area contributed by atoms with E-state index in [2.05, 4.69) is 11.9 Å². The number of carbonyl (C=O) groups excluding carboxylic acids is 2. The Morgan fingerprint density at radius 1 is 1.24 bits per heavy atom. The van der Waals surface area contributed by atoms with Crippen molar-refractivity contribution in [2.75, 3.05) is 6.61 Å². The van der Waals surface area contributed by atoms with Crippen LogP contribution in [0.2, 0.25) is 0 Å². The maximum absolute atomic E-state index is 11.6. The Morgan fingerprint density at radius 2 is 1.92 bits per heavy atom. The monoisotopic (exact) mass is 343 g/mol. The summed E-state index contributed by atoms with van der Waals surface area (Å²) in [6.45, 7) is 14.1. The summed E-state index contributed by atoms with van der Waals surface area (Å²) in [5.74, 6) is -0.0125. The first-order chi connectivity index (χ1) is 12.1. The van der Waals surface area contributed by atoms with E-state index in [-0.39, 0.29) is 18.2 Å². The van der Waals surface area contributed by atoms with E-state index in [1.807, 2.05) is 52.8 Å². The van der Waals surface area contributed by atoms with Crippen molar-refractivity contribution < 1.29 is 14.3 Å². The topological polar surface area (TPSA) is 55.4 Å². The number of rotatable bonds is 5. The fourth-order valence-electron chi connectivity index (χ4n) is 2.00. The van der Waals surface area contributed by atoms with Gasteiger partial charge < -0.3 is 4.74 Å². The van der Waals surface area contributed by atoms with Crippen LogP contribution in [0.3, 0.4) is 0 Å². The van der Waals surface area contributed by atoms with Gasteiger partial charge in [0.15, 0.2) is 0 Å². The van der Waals surface area contributed by atoms with Crippen LogP contribution in [0.15, 0.2) is 54.7 Å². The van der Waals surface area contributed by atoms with Crippen molar-refractivity contribution in [2.24, 2.45) is 0 Å². The third-order valence-electron chi connectivity index (χ3n) is 3.10. The van der Waals surface area contributed by atoms with Crippen molar-refractivity contribution in [1.29, 1.82) is 0 Å². The van der Waals surface area contributed by atoms with E-state index in [4.69, 9.17) is 4.74 Å². The van der Waals surface area contributed by atoms with Gasteiger partial charge in [0.05, 0.1) is 6.42 Å². The molecule has 0 unspecified atom stereocenters. The smallest absolute Gasteiger partial charge is 0.258 e. The lowest BCUT2D eigenvalue weighted by molar-refractivity contribution is -0.119. The van der Waals surface area contributed by atoms with Crippen molar-refractivity contribution in [3.8, 4) is 5.75 Å². The van der Waals surface area contributed by atoms with Gasteiger partial charge in [0.25, 0.3) is 5.91 Å². The third-order valence-corrected chi connectivity index (χ3v) is 3.10. The van der Waals surface area contributed by atoms with E-state index >= 15 is 0 Å². The molecule has 0 saturated heterocycles. The molecule has 0 atom stereocenters. The van der Waals surface area contributed by atoms with Crippen molar-refractivity contribution in [2.45, 2.75) is 41.0 Å². The van der Waals surface area contributed by atoms with Crippen LogP contribution in [0.5, 0.6) is 5.75 Å². The molecule has 1 heterocycles. The number of imide groups is 1. The number of nitrogens with one attached hydrogen (secondary N) is 1. The third kappa shape index (κ3) is 7.21. The minimum absolute atomic E-state index is 0.195. The molecule has 1 aliphatic heterocycles. The number of amides is 2. The Balaban J connectivity index is 0.00000134. The first kappa shape index (κ1) is 22.4. The van der Waals surface area contributed by atoms with Gasteiger partial charge in [-0.1, -0.05) is 58.6 Å². The maximum Gasteiger partial charge on any atom is 0.258 e. The zero-order valence-corrected chi connectivity index (χ0v) is 15.9. The molecule has 0 radical (unpaired) electrons. The molecule has 0 saturated carbocycles. The van der Waals surface area contributed by atoms with E-state index in [1.165, 1.54) is 0 Å². The Kier molecular flexibility index (Phi) is 11.4. The lowest BCUT2D eigenvalue weighted by Crippen LogP contribution is -2.37. The zero-order chi connectivity index (χ0) is 19.2. The lowest BCUT2D eigenvalue weighted by atomic mass is 10.00. The van der Waals surface area contributed by atoms with E-state index in [1.54, 1.807) is 24.3 Å². The summed E-state index contributed by atoms with van der Waals surface area (Å²) < 4.78 is 5.68. The Hall–Kier alpha value is -2.62. The number of benzene rings is 1. The quantitative estimate of drug-likeness (QED) is 0.627. The van der Waals surface area contributed by atoms with Crippen LogP contribution in [-0.2, 0) is 11.2 Å². The van der Waals surface area contributed by atoms with Crippen LogP contribution in [-0.4, -0.2) is 18.4 Å². The van der Waals surface area contributed by atoms with Gasteiger partial charge in [-0.05, 0) is 36.3 Å². The molecule has 2 rings (SSSR count). The molecular weight excluding hydrogens is 314 g/mol. The highest BCUT2D eigenvalue weighted by atomic mass is 16.5. The second-order valence-corrected chi connectivity index (χ2v) is 4.63. The number of hydrogen-bond acceptors (Lipinski definition) is 3. The second kappa shape index (κ2) is 12.8. The number of hydrogen-bond donors (Lipinski definition) is 1. The van der Waals surface area contributed by atoms with Crippen molar-refractivity contribution in [3.05, 3.63) is 65.8 Å². The van der Waals surface area contributed by atoms with E-state index in [0.717, 1.165) is 5.57 Å². The lowest BCUT2D eigenvalue weighted by Gasteiger charge is -2.16. The van der Waals surface area contributed by atoms with Gasteiger partial charge in [-0.2, -0.15) is 0 Å². The highest BCUT2D eigenvalue weighted by Gasteiger charge is 2.22. The van der Waals surface area contributed by atoms with Crippen LogP contribution >= 0.6 is 0 Å². The molecule has 1 aromatic carbocycles. The Bertz CT molecular complexity index is 643. The fourth-order valence-corrected chi connectivity index (χ4v) is 2.00. The molecule has 1 N–H and O–H groups in total. The van der Waals surface area contributed by atoms with E-state index in [9.17, 15) is 9.59 Å². The molecule has 1 aliphatic rings. The van der Waals surface area contributed by atoms with Crippen molar-refractivity contribution in [1.82, 2.24) is 5.32 Å². The highest BCUT2D eigenvalue weighted by Crippen LogP contribution is 2.21. The van der Waals surface area contributed by atoms with Gasteiger partial charge in [-0.15, -0.1) is 0 Å². The first-order valence-electron chi connectivity index (χ1n) is 8.68. The van der Waals surface area contributed by atoms with Crippen LogP contribution in [0, 0.1) is 0 Å². The maximum atomic E-state index is 11.6. The molecule has 0 bridgehead atoms. The van der Waals surface area contributed by atoms with Crippen molar-refractivity contribution in [3.63, 3.8) is 0 Å². The number of ether oxygens (including phenoxy) is 1. The zero-order valence-electron chi connectivity index (χ0n) is 15.9. The molecule has 4 nitrogen and oxygen atoms in total. The molecule has 1 aromatic rings. The minimum atomic E-state index is -0.354. The molecule has 4 heteroatoms. The van der Waals surface area contributed by atoms with Gasteiger partial charge in [0.1, 0.15) is 12.4 Å². The summed E-state index contributed by atoms with van der Waals surface area (Å²) in [5.41, 5.74) is 2.16. The van der Waals surface area contributed by atoms with E-state index in [0.29, 0.717) is 23.5 Å². The van der Waals surface area contributed by atoms with Crippen LogP contribution in [0.1, 0.15) is 50.5 Å². The predicted molar refractivity (Wildman–Crippen MR) is 104 cm³/mol. The van der Waals surface area contributed by atoms with Gasteiger partial charge in [0.2, 0.25) is 5.91 Å². The van der Waals surface area contributed by atoms with Crippen molar-refractivity contribution >= 4 is 11.8 Å². The summed E-state index contributed by atoms with van der Waals surface area (Å²) in [6.07, 6.45) is 7.68. The summed E-state index contributed by atoms with van der Waals surface area (Å²) in [7, 11) is 0. The Morgan fingerprint density at radius 3 is 2.52 bits per heavy atom. The number of fused-ring (bicyclic) bond motifs is 1. The Labute approximate surface area is 151 Å². The molecule has 0 aromatic heterocycles. The molecule has 136 valence electrons. The molecular formula is C21H29NO3. The van der Waals surface area contributed by atoms with E-state index < -0.39 is 0 Å². The van der Waals surface area contributed by atoms with Gasteiger partial charge in [-0.3, -0.25) is 14.9 Å². The molecule has 2 amide bonds. The highest BCUT2D eigenvalue weighted by molar-refractivity contribution is 6.09. The normalized spacial score (nSPS) is 12.9. The van der Waals surface area contributed by atoms with Crippen LogP contribution in [0.4, 0.5) is 0 Å². The standard InChI is InChI=1S/C17H17NO3.2C2H6/c1-3-5-6-12(4-2)11-21-14-7-8-15-13(9-14)10-16(19)18-17(15)20;2*1-2/h3-9H,2,10-11H2,1H3,(H,18,19,20);2*1-2H3/b5-3-,12-6+;;. The summed E-state index contributed by atoms with van der Waals surface area (Å²) in [5, 5.41) is 2.29. The van der Waals surface area contributed by atoms with Crippen LogP contribution in [0.25, 0.3) is 0 Å². The number of carbonyl (C=O) groups is 2. The minimum Gasteiger partial charge on any atom is -0.489 e. The molecule has 0 spiro atoms. The number of allylic oxidation sites excluding steroid dienone is 3. The average Bonchev–Trinajstić information content (AvgIpc) is 2.64. The molecule has 0 fully saturated rings. The second-order valence-electron chi connectivity index (χ2n) is 4.63. The van der Waals surface area contributed by atoms with Gasteiger partial charge >= 0.3 is 0 Å². The van der Waals surface area contributed by atoms with Gasteiger partial charge in [-0.25, -0.2) is 0 Å². The predicted octanol–water partition coefficient (Wildman–Crippen LogP) is 4.62. The first-order valence-corrected chi connectivity index (χ1v) is 8.68. The van der Waals surface area contributed by atoms with Crippen LogP contribution < -0.4 is 10.1 Å². The SMILES string of the molecule is C=C/C(=C\C=C/C)COc1ccc2c(c1)CC(=O)NC2=O.CC.CC. The molecule has 0 aliphatic carbocycles. The largest absolute Gasteiger partial charge is 0.489 e.